The fourth-order valence-electron chi connectivity index (χ4n) is 1.00. The summed E-state index contributed by atoms with van der Waals surface area (Å²) in [6.45, 7) is 0. The average molecular weight is 339 g/mol. The third kappa shape index (κ3) is 2.92. The van der Waals surface area contributed by atoms with Crippen LogP contribution in [0.5, 0.6) is 5.75 Å². The van der Waals surface area contributed by atoms with Crippen LogP contribution in [0.2, 0.25) is 0 Å². The van der Waals surface area contributed by atoms with Crippen LogP contribution in [0.1, 0.15) is 10.5 Å². The van der Waals surface area contributed by atoms with E-state index in [-0.39, 0.29) is 0 Å². The van der Waals surface area contributed by atoms with E-state index in [1.165, 1.54) is 14.2 Å². The molecule has 0 radical (unpaired) electrons. The molecule has 0 saturated heterocycles. The minimum atomic E-state index is -0.620. The Morgan fingerprint density at radius 1 is 1.53 bits per heavy atom. The normalized spacial score (nSPS) is 12.0. The monoisotopic (exact) mass is 337 g/mol. The van der Waals surface area contributed by atoms with Gasteiger partial charge in [0, 0.05) is 10.7 Å². The molecule has 0 N–H and O–H groups in total. The molecule has 1 rings (SSSR count). The van der Waals surface area contributed by atoms with Crippen molar-refractivity contribution in [2.75, 3.05) is 14.2 Å². The van der Waals surface area contributed by atoms with Crippen LogP contribution in [0.25, 0.3) is 0 Å². The number of halogens is 2. The molecule has 0 saturated carbocycles. The molecule has 0 bridgehead atoms. The van der Waals surface area contributed by atoms with Gasteiger partial charge < -0.3 is 9.47 Å². The number of alkyl halides is 1. The molecule has 1 atom stereocenters. The number of ether oxygens (including phenoxy) is 2. The first-order valence-electron chi connectivity index (χ1n) is 4.01. The highest BCUT2D eigenvalue weighted by molar-refractivity contribution is 9.10. The summed E-state index contributed by atoms with van der Waals surface area (Å²) in [6, 6.07) is 1.74. The number of carbonyl (C=O) groups is 1. The number of hydrogen-bond donors (Lipinski definition) is 0. The topological polar surface area (TPSA) is 48.4 Å². The van der Waals surface area contributed by atoms with Gasteiger partial charge in [0.2, 0.25) is 0 Å². The highest BCUT2D eigenvalue weighted by Gasteiger charge is 2.23. The maximum atomic E-state index is 11.3. The van der Waals surface area contributed by atoms with Crippen LogP contribution in [0.3, 0.4) is 0 Å². The number of hydrogen-bond acceptors (Lipinski definition) is 4. The van der Waals surface area contributed by atoms with Crippen LogP contribution in [-0.2, 0) is 9.53 Å². The van der Waals surface area contributed by atoms with Crippen molar-refractivity contribution in [2.24, 2.45) is 0 Å². The average Bonchev–Trinajstić information content (AvgIpc) is 2.26. The molecule has 0 aliphatic heterocycles. The van der Waals surface area contributed by atoms with E-state index in [1.54, 1.807) is 12.3 Å². The first kappa shape index (κ1) is 12.4. The van der Waals surface area contributed by atoms with Gasteiger partial charge >= 0.3 is 5.97 Å². The molecule has 82 valence electrons. The number of nitrogens with zero attached hydrogens (tertiary/aromatic N) is 1. The largest absolute Gasteiger partial charge is 0.495 e. The quantitative estimate of drug-likeness (QED) is 0.627. The molecule has 1 aromatic heterocycles. The van der Waals surface area contributed by atoms with Crippen molar-refractivity contribution in [1.82, 2.24) is 4.98 Å². The van der Waals surface area contributed by atoms with Gasteiger partial charge in [-0.25, -0.2) is 0 Å². The third-order valence-electron chi connectivity index (χ3n) is 1.72. The summed E-state index contributed by atoms with van der Waals surface area (Å²) in [5, 5.41) is 0. The molecule has 0 spiro atoms. The predicted molar refractivity (Wildman–Crippen MR) is 62.2 cm³/mol. The van der Waals surface area contributed by atoms with Gasteiger partial charge in [0.05, 0.1) is 14.2 Å². The van der Waals surface area contributed by atoms with Crippen LogP contribution in [-0.4, -0.2) is 25.2 Å². The van der Waals surface area contributed by atoms with Crippen LogP contribution < -0.4 is 4.74 Å². The van der Waals surface area contributed by atoms with E-state index in [2.05, 4.69) is 41.6 Å². The lowest BCUT2D eigenvalue weighted by Gasteiger charge is -2.11. The van der Waals surface area contributed by atoms with Crippen LogP contribution in [0.15, 0.2) is 16.7 Å². The van der Waals surface area contributed by atoms with E-state index in [0.717, 1.165) is 4.47 Å². The van der Waals surface area contributed by atoms with Crippen LogP contribution in [0.4, 0.5) is 0 Å². The number of methoxy groups -OCH3 is 2. The number of rotatable bonds is 3. The molecule has 0 aliphatic carbocycles. The predicted octanol–water partition coefficient (Wildman–Crippen LogP) is 2.46. The first-order valence-corrected chi connectivity index (χ1v) is 5.72. The third-order valence-corrected chi connectivity index (χ3v) is 2.96. The lowest BCUT2D eigenvalue weighted by atomic mass is 10.2. The van der Waals surface area contributed by atoms with Crippen molar-refractivity contribution >= 4 is 37.8 Å². The van der Waals surface area contributed by atoms with Crippen molar-refractivity contribution < 1.29 is 14.3 Å². The van der Waals surface area contributed by atoms with Gasteiger partial charge in [-0.1, -0.05) is 15.9 Å². The molecule has 0 amide bonds. The Morgan fingerprint density at radius 3 is 2.73 bits per heavy atom. The maximum Gasteiger partial charge on any atom is 0.325 e. The molecule has 6 heteroatoms. The second-order valence-electron chi connectivity index (χ2n) is 2.63. The Labute approximate surface area is 104 Å². The fourth-order valence-corrected chi connectivity index (χ4v) is 1.84. The molecule has 0 fully saturated rings. The van der Waals surface area contributed by atoms with Crippen molar-refractivity contribution in [3.05, 3.63) is 22.4 Å². The van der Waals surface area contributed by atoms with Crippen molar-refractivity contribution in [3.63, 3.8) is 0 Å². The van der Waals surface area contributed by atoms with E-state index in [0.29, 0.717) is 11.4 Å². The molecule has 0 aliphatic rings. The van der Waals surface area contributed by atoms with Crippen LogP contribution in [0, 0.1) is 0 Å². The molecular weight excluding hydrogens is 330 g/mol. The smallest absolute Gasteiger partial charge is 0.325 e. The number of pyridine rings is 1. The molecule has 0 aromatic carbocycles. The zero-order chi connectivity index (χ0) is 11.4. The van der Waals surface area contributed by atoms with Crippen molar-refractivity contribution in [3.8, 4) is 5.75 Å². The Morgan fingerprint density at radius 2 is 2.20 bits per heavy atom. The van der Waals surface area contributed by atoms with Gasteiger partial charge in [-0.05, 0) is 22.0 Å². The SMILES string of the molecule is COC(=O)C(Br)c1ncc(Br)cc1OC. The van der Waals surface area contributed by atoms with Gasteiger partial charge in [0.15, 0.2) is 4.83 Å². The zero-order valence-corrected chi connectivity index (χ0v) is 11.3. The van der Waals surface area contributed by atoms with Gasteiger partial charge in [0.25, 0.3) is 0 Å². The molecule has 1 unspecified atom stereocenters. The lowest BCUT2D eigenvalue weighted by Crippen LogP contribution is -2.11. The van der Waals surface area contributed by atoms with Gasteiger partial charge in [-0.3, -0.25) is 9.78 Å². The number of carbonyl (C=O) groups excluding carboxylic acids is 1. The summed E-state index contributed by atoms with van der Waals surface area (Å²) in [4.78, 5) is 14.8. The van der Waals surface area contributed by atoms with E-state index in [9.17, 15) is 4.79 Å². The maximum absolute atomic E-state index is 11.3. The van der Waals surface area contributed by atoms with E-state index in [4.69, 9.17) is 4.74 Å². The van der Waals surface area contributed by atoms with Gasteiger partial charge in [-0.2, -0.15) is 0 Å². The van der Waals surface area contributed by atoms with Gasteiger partial charge in [-0.15, -0.1) is 0 Å². The molecular formula is C9H9Br2NO3. The number of aromatic nitrogens is 1. The highest BCUT2D eigenvalue weighted by atomic mass is 79.9. The van der Waals surface area contributed by atoms with Crippen molar-refractivity contribution in [2.45, 2.75) is 4.83 Å². The molecule has 4 nitrogen and oxygen atoms in total. The summed E-state index contributed by atoms with van der Waals surface area (Å²) in [7, 11) is 2.84. The molecule has 1 heterocycles. The molecule has 1 aromatic rings. The van der Waals surface area contributed by atoms with E-state index >= 15 is 0 Å². The van der Waals surface area contributed by atoms with Crippen molar-refractivity contribution in [1.29, 1.82) is 0 Å². The standard InChI is InChI=1S/C9H9Br2NO3/c1-14-6-3-5(10)4-12-8(6)7(11)9(13)15-2/h3-4,7H,1-2H3. The summed E-state index contributed by atoms with van der Waals surface area (Å²) in [6.07, 6.45) is 1.59. The highest BCUT2D eigenvalue weighted by Crippen LogP contribution is 2.31. The summed E-state index contributed by atoms with van der Waals surface area (Å²) in [5.74, 6) is 0.111. The lowest BCUT2D eigenvalue weighted by molar-refractivity contribution is -0.140. The Kier molecular flexibility index (Phi) is 4.53. The summed E-state index contributed by atoms with van der Waals surface area (Å²) in [5.41, 5.74) is 0.493. The van der Waals surface area contributed by atoms with E-state index in [1.807, 2.05) is 0 Å². The van der Waals surface area contributed by atoms with Gasteiger partial charge in [0.1, 0.15) is 11.4 Å². The second kappa shape index (κ2) is 5.46. The fraction of sp³-hybridized carbons (Fsp3) is 0.333. The summed E-state index contributed by atoms with van der Waals surface area (Å²) >= 11 is 6.46. The molecule has 15 heavy (non-hydrogen) atoms. The van der Waals surface area contributed by atoms with Crippen LogP contribution >= 0.6 is 31.9 Å². The number of esters is 1. The second-order valence-corrected chi connectivity index (χ2v) is 4.46. The first-order chi connectivity index (χ1) is 7.10. The minimum absolute atomic E-state index is 0.414. The van der Waals surface area contributed by atoms with E-state index < -0.39 is 10.8 Å². The minimum Gasteiger partial charge on any atom is -0.495 e. The zero-order valence-electron chi connectivity index (χ0n) is 8.16. The Balaban J connectivity index is 3.07. The summed E-state index contributed by atoms with van der Waals surface area (Å²) < 4.78 is 10.5. The Bertz CT molecular complexity index is 370. The Hall–Kier alpha value is -0.620.